The standard InChI is InChI=1S/C14H16ClN3O.ClH/c15-12-3-1-2-11(9-12)14-17-13(19-18-14)8-10-4-6-16-7-5-10;/h1-3,9-10,16H,4-8H2;1H. The molecule has 3 rings (SSSR count). The molecule has 0 radical (unpaired) electrons. The predicted octanol–water partition coefficient (Wildman–Crippen LogP) is 3.35. The van der Waals surface area contributed by atoms with Gasteiger partial charge in [0.2, 0.25) is 11.7 Å². The van der Waals surface area contributed by atoms with Gasteiger partial charge in [0.05, 0.1) is 0 Å². The summed E-state index contributed by atoms with van der Waals surface area (Å²) in [4.78, 5) is 4.46. The summed E-state index contributed by atoms with van der Waals surface area (Å²) < 4.78 is 5.34. The number of rotatable bonds is 3. The van der Waals surface area contributed by atoms with E-state index >= 15 is 0 Å². The molecule has 0 unspecified atom stereocenters. The molecule has 0 spiro atoms. The summed E-state index contributed by atoms with van der Waals surface area (Å²) in [7, 11) is 0. The Morgan fingerprint density at radius 3 is 2.85 bits per heavy atom. The Kier molecular flexibility index (Phi) is 5.40. The zero-order chi connectivity index (χ0) is 13.1. The smallest absolute Gasteiger partial charge is 0.227 e. The van der Waals surface area contributed by atoms with E-state index in [2.05, 4.69) is 15.5 Å². The fraction of sp³-hybridized carbons (Fsp3) is 0.429. The van der Waals surface area contributed by atoms with Crippen molar-refractivity contribution in [2.75, 3.05) is 13.1 Å². The summed E-state index contributed by atoms with van der Waals surface area (Å²) >= 11 is 5.96. The third kappa shape index (κ3) is 3.72. The van der Waals surface area contributed by atoms with E-state index in [1.165, 1.54) is 12.8 Å². The van der Waals surface area contributed by atoms with Crippen LogP contribution in [0, 0.1) is 5.92 Å². The van der Waals surface area contributed by atoms with Gasteiger partial charge in [0.15, 0.2) is 0 Å². The number of nitrogens with one attached hydrogen (secondary N) is 1. The van der Waals surface area contributed by atoms with E-state index in [-0.39, 0.29) is 12.4 Å². The first-order valence-electron chi connectivity index (χ1n) is 6.60. The minimum absolute atomic E-state index is 0. The molecule has 1 aromatic heterocycles. The van der Waals surface area contributed by atoms with Crippen LogP contribution in [0.5, 0.6) is 0 Å². The van der Waals surface area contributed by atoms with Crippen LogP contribution in [0.15, 0.2) is 28.8 Å². The normalized spacial score (nSPS) is 15.8. The number of hydrogen-bond donors (Lipinski definition) is 1. The van der Waals surface area contributed by atoms with E-state index in [0.29, 0.717) is 16.8 Å². The molecule has 108 valence electrons. The Hall–Kier alpha value is -1.10. The fourth-order valence-electron chi connectivity index (χ4n) is 2.42. The molecule has 0 bridgehead atoms. The van der Waals surface area contributed by atoms with Gasteiger partial charge >= 0.3 is 0 Å². The van der Waals surface area contributed by atoms with Gasteiger partial charge in [0, 0.05) is 17.0 Å². The van der Waals surface area contributed by atoms with Gasteiger partial charge in [-0.25, -0.2) is 0 Å². The second-order valence-electron chi connectivity index (χ2n) is 4.92. The Bertz CT molecular complexity index is 553. The average Bonchev–Trinajstić information content (AvgIpc) is 2.88. The highest BCUT2D eigenvalue weighted by Crippen LogP contribution is 2.22. The molecule has 1 aliphatic heterocycles. The van der Waals surface area contributed by atoms with Gasteiger partial charge in [-0.3, -0.25) is 0 Å². The van der Waals surface area contributed by atoms with E-state index in [9.17, 15) is 0 Å². The molecule has 2 heterocycles. The van der Waals surface area contributed by atoms with E-state index in [4.69, 9.17) is 16.1 Å². The lowest BCUT2D eigenvalue weighted by Gasteiger charge is -2.20. The fourth-order valence-corrected chi connectivity index (χ4v) is 2.61. The summed E-state index contributed by atoms with van der Waals surface area (Å²) in [5.74, 6) is 1.99. The van der Waals surface area contributed by atoms with Crippen molar-refractivity contribution >= 4 is 24.0 Å². The third-order valence-corrected chi connectivity index (χ3v) is 3.71. The maximum absolute atomic E-state index is 5.96. The third-order valence-electron chi connectivity index (χ3n) is 3.47. The predicted molar refractivity (Wildman–Crippen MR) is 81.3 cm³/mol. The summed E-state index contributed by atoms with van der Waals surface area (Å²) in [5.41, 5.74) is 0.896. The molecule has 0 amide bonds. The summed E-state index contributed by atoms with van der Waals surface area (Å²) in [6.45, 7) is 2.17. The number of nitrogens with zero attached hydrogens (tertiary/aromatic N) is 2. The van der Waals surface area contributed by atoms with Gasteiger partial charge < -0.3 is 9.84 Å². The van der Waals surface area contributed by atoms with Crippen molar-refractivity contribution < 1.29 is 4.52 Å². The van der Waals surface area contributed by atoms with E-state index in [1.807, 2.05) is 24.3 Å². The van der Waals surface area contributed by atoms with Crippen molar-refractivity contribution in [2.24, 2.45) is 5.92 Å². The van der Waals surface area contributed by atoms with Gasteiger partial charge in [0.1, 0.15) is 0 Å². The molecule has 20 heavy (non-hydrogen) atoms. The van der Waals surface area contributed by atoms with E-state index < -0.39 is 0 Å². The highest BCUT2D eigenvalue weighted by atomic mass is 35.5. The first kappa shape index (κ1) is 15.3. The average molecular weight is 314 g/mol. The minimum atomic E-state index is 0. The topological polar surface area (TPSA) is 51.0 Å². The Balaban J connectivity index is 0.00000147. The van der Waals surface area contributed by atoms with Crippen molar-refractivity contribution in [3.05, 3.63) is 35.2 Å². The number of hydrogen-bond acceptors (Lipinski definition) is 4. The van der Waals surface area contributed by atoms with Crippen LogP contribution in [0.25, 0.3) is 11.4 Å². The van der Waals surface area contributed by atoms with Crippen LogP contribution in [-0.2, 0) is 6.42 Å². The van der Waals surface area contributed by atoms with E-state index in [1.54, 1.807) is 0 Å². The van der Waals surface area contributed by atoms with Crippen LogP contribution in [0.1, 0.15) is 18.7 Å². The molecule has 1 aromatic carbocycles. The molecule has 1 saturated heterocycles. The quantitative estimate of drug-likeness (QED) is 0.944. The van der Waals surface area contributed by atoms with Gasteiger partial charge in [0.25, 0.3) is 0 Å². The van der Waals surface area contributed by atoms with Gasteiger partial charge in [-0.15, -0.1) is 12.4 Å². The molecular weight excluding hydrogens is 297 g/mol. The highest BCUT2D eigenvalue weighted by Gasteiger charge is 2.17. The molecule has 2 aromatic rings. The second-order valence-corrected chi connectivity index (χ2v) is 5.36. The Labute approximate surface area is 129 Å². The molecule has 0 saturated carbocycles. The van der Waals surface area contributed by atoms with Gasteiger partial charge in [-0.1, -0.05) is 28.9 Å². The van der Waals surface area contributed by atoms with Crippen molar-refractivity contribution in [2.45, 2.75) is 19.3 Å². The van der Waals surface area contributed by atoms with Gasteiger partial charge in [-0.2, -0.15) is 4.98 Å². The van der Waals surface area contributed by atoms with Crippen molar-refractivity contribution in [1.82, 2.24) is 15.5 Å². The number of benzene rings is 1. The maximum atomic E-state index is 5.96. The lowest BCUT2D eigenvalue weighted by molar-refractivity contribution is 0.313. The number of piperidine rings is 1. The Morgan fingerprint density at radius 2 is 2.10 bits per heavy atom. The second kappa shape index (κ2) is 7.07. The minimum Gasteiger partial charge on any atom is -0.339 e. The number of aromatic nitrogens is 2. The lowest BCUT2D eigenvalue weighted by Crippen LogP contribution is -2.28. The summed E-state index contributed by atoms with van der Waals surface area (Å²) in [6.07, 6.45) is 3.22. The zero-order valence-corrected chi connectivity index (χ0v) is 12.6. The van der Waals surface area contributed by atoms with Crippen LogP contribution >= 0.6 is 24.0 Å². The van der Waals surface area contributed by atoms with Crippen LogP contribution in [-0.4, -0.2) is 23.2 Å². The van der Waals surface area contributed by atoms with Crippen LogP contribution < -0.4 is 5.32 Å². The molecule has 6 heteroatoms. The monoisotopic (exact) mass is 313 g/mol. The van der Waals surface area contributed by atoms with Crippen LogP contribution in [0.4, 0.5) is 0 Å². The maximum Gasteiger partial charge on any atom is 0.227 e. The largest absolute Gasteiger partial charge is 0.339 e. The SMILES string of the molecule is Cl.Clc1cccc(-c2noc(CC3CCNCC3)n2)c1. The van der Waals surface area contributed by atoms with Crippen LogP contribution in [0.3, 0.4) is 0 Å². The Morgan fingerprint density at radius 1 is 1.30 bits per heavy atom. The first-order chi connectivity index (χ1) is 9.31. The molecule has 1 N–H and O–H groups in total. The first-order valence-corrected chi connectivity index (χ1v) is 6.98. The molecule has 0 atom stereocenters. The summed E-state index contributed by atoms with van der Waals surface area (Å²) in [6, 6.07) is 7.51. The molecular formula is C14H17Cl2N3O. The molecule has 1 aliphatic rings. The lowest BCUT2D eigenvalue weighted by atomic mass is 9.95. The van der Waals surface area contributed by atoms with Gasteiger partial charge in [-0.05, 0) is 44.0 Å². The van der Waals surface area contributed by atoms with Crippen LogP contribution in [0.2, 0.25) is 5.02 Å². The van der Waals surface area contributed by atoms with Crippen molar-refractivity contribution in [1.29, 1.82) is 0 Å². The summed E-state index contributed by atoms with van der Waals surface area (Å²) in [5, 5.41) is 8.07. The van der Waals surface area contributed by atoms with Crippen molar-refractivity contribution in [3.63, 3.8) is 0 Å². The highest BCUT2D eigenvalue weighted by molar-refractivity contribution is 6.30. The van der Waals surface area contributed by atoms with Crippen molar-refractivity contribution in [3.8, 4) is 11.4 Å². The molecule has 1 fully saturated rings. The zero-order valence-electron chi connectivity index (χ0n) is 11.0. The van der Waals surface area contributed by atoms with E-state index in [0.717, 1.165) is 31.0 Å². The molecule has 4 nitrogen and oxygen atoms in total. The molecule has 0 aliphatic carbocycles. The number of halogens is 2.